The molecule has 0 aliphatic carbocycles. The highest BCUT2D eigenvalue weighted by Gasteiger charge is 2.25. The van der Waals surface area contributed by atoms with Crippen molar-refractivity contribution in [2.24, 2.45) is 0 Å². The molecule has 2 aromatic rings. The molecule has 156 valence electrons. The van der Waals surface area contributed by atoms with Crippen LogP contribution < -0.4 is 14.8 Å². The number of nitrogens with zero attached hydrogens (tertiary/aromatic N) is 1. The Bertz CT molecular complexity index is 793. The fourth-order valence-electron chi connectivity index (χ4n) is 2.78. The number of carbonyl (C=O) groups excluding carboxylic acids is 2. The van der Waals surface area contributed by atoms with E-state index in [4.69, 9.17) is 9.47 Å². The zero-order valence-corrected chi connectivity index (χ0v) is 18.1. The van der Waals surface area contributed by atoms with Gasteiger partial charge in [-0.2, -0.15) is 0 Å². The Labute approximate surface area is 176 Å². The van der Waals surface area contributed by atoms with E-state index in [0.717, 1.165) is 22.6 Å². The maximum absolute atomic E-state index is 12.9. The monoisotopic (exact) mass is 416 g/mol. The van der Waals surface area contributed by atoms with Gasteiger partial charge in [-0.15, -0.1) is 11.8 Å². The lowest BCUT2D eigenvalue weighted by molar-refractivity contribution is -0.138. The van der Waals surface area contributed by atoms with Crippen molar-refractivity contribution >= 4 is 23.6 Å². The van der Waals surface area contributed by atoms with E-state index in [-0.39, 0.29) is 11.8 Å². The van der Waals surface area contributed by atoms with Gasteiger partial charge in [0.15, 0.2) is 0 Å². The van der Waals surface area contributed by atoms with E-state index in [0.29, 0.717) is 18.1 Å². The minimum atomic E-state index is -0.559. The summed E-state index contributed by atoms with van der Waals surface area (Å²) in [5.74, 6) is 2.30. The molecule has 0 fully saturated rings. The number of carbonyl (C=O) groups is 2. The van der Waals surface area contributed by atoms with Crippen LogP contribution >= 0.6 is 11.8 Å². The second kappa shape index (κ2) is 11.4. The third-order valence-electron chi connectivity index (χ3n) is 4.58. The van der Waals surface area contributed by atoms with Crippen molar-refractivity contribution in [1.29, 1.82) is 0 Å². The largest absolute Gasteiger partial charge is 0.497 e. The summed E-state index contributed by atoms with van der Waals surface area (Å²) >= 11 is 1.53. The molecule has 0 heterocycles. The summed E-state index contributed by atoms with van der Waals surface area (Å²) in [5, 5.41) is 2.63. The molecule has 0 aliphatic rings. The number of methoxy groups -OCH3 is 2. The predicted octanol–water partition coefficient (Wildman–Crippen LogP) is 3.10. The predicted molar refractivity (Wildman–Crippen MR) is 116 cm³/mol. The number of hydrogen-bond acceptors (Lipinski definition) is 5. The van der Waals surface area contributed by atoms with Gasteiger partial charge in [-0.1, -0.05) is 24.3 Å². The van der Waals surface area contributed by atoms with Gasteiger partial charge >= 0.3 is 0 Å². The van der Waals surface area contributed by atoms with Crippen molar-refractivity contribution in [3.8, 4) is 11.5 Å². The highest BCUT2D eigenvalue weighted by molar-refractivity contribution is 7.99. The standard InChI is InChI=1S/C22H28N2O4S/c1-16(22(26)23-2)24(13-17-5-9-19(27-3)10-6-17)21(25)15-29-14-18-7-11-20(28-4)12-8-18/h5-12,16H,13-15H2,1-4H3,(H,23,26)/t16-/m0/s1. The Morgan fingerprint density at radius 2 is 1.48 bits per heavy atom. The number of nitrogens with one attached hydrogen (secondary N) is 1. The van der Waals surface area contributed by atoms with E-state index in [1.807, 2.05) is 48.5 Å². The van der Waals surface area contributed by atoms with Gasteiger partial charge in [0.1, 0.15) is 17.5 Å². The van der Waals surface area contributed by atoms with Crippen LogP contribution in [0.25, 0.3) is 0 Å². The van der Waals surface area contributed by atoms with Gasteiger partial charge in [-0.3, -0.25) is 9.59 Å². The minimum absolute atomic E-state index is 0.0737. The fraction of sp³-hybridized carbons (Fsp3) is 0.364. The molecule has 6 nitrogen and oxygen atoms in total. The van der Waals surface area contributed by atoms with Crippen LogP contribution in [0.1, 0.15) is 18.1 Å². The van der Waals surface area contributed by atoms with Crippen LogP contribution in [0.3, 0.4) is 0 Å². The summed E-state index contributed by atoms with van der Waals surface area (Å²) in [6, 6.07) is 14.7. The second-order valence-corrected chi connectivity index (χ2v) is 7.49. The van der Waals surface area contributed by atoms with E-state index < -0.39 is 6.04 Å². The maximum atomic E-state index is 12.9. The Balaban J connectivity index is 2.01. The van der Waals surface area contributed by atoms with Crippen molar-refractivity contribution < 1.29 is 19.1 Å². The van der Waals surface area contributed by atoms with Gasteiger partial charge in [-0.05, 0) is 42.3 Å². The van der Waals surface area contributed by atoms with Crippen LogP contribution in [-0.4, -0.2) is 49.8 Å². The van der Waals surface area contributed by atoms with E-state index in [1.165, 1.54) is 11.8 Å². The molecule has 0 unspecified atom stereocenters. The highest BCUT2D eigenvalue weighted by atomic mass is 32.2. The smallest absolute Gasteiger partial charge is 0.242 e. The van der Waals surface area contributed by atoms with Gasteiger partial charge in [0, 0.05) is 19.3 Å². The molecule has 0 aliphatic heterocycles. The number of thioether (sulfide) groups is 1. The lowest BCUT2D eigenvalue weighted by Crippen LogP contribution is -2.47. The normalized spacial score (nSPS) is 11.4. The molecule has 0 bridgehead atoms. The van der Waals surface area contributed by atoms with Crippen molar-refractivity contribution in [3.05, 3.63) is 59.7 Å². The van der Waals surface area contributed by atoms with Crippen molar-refractivity contribution in [1.82, 2.24) is 10.2 Å². The molecular weight excluding hydrogens is 388 g/mol. The number of hydrogen-bond donors (Lipinski definition) is 1. The average Bonchev–Trinajstić information content (AvgIpc) is 2.77. The number of benzene rings is 2. The van der Waals surface area contributed by atoms with Crippen LogP contribution in [0.4, 0.5) is 0 Å². The summed E-state index contributed by atoms with van der Waals surface area (Å²) in [6.07, 6.45) is 0. The van der Waals surface area contributed by atoms with Gasteiger partial charge in [0.2, 0.25) is 11.8 Å². The zero-order chi connectivity index (χ0) is 21.2. The molecule has 0 aromatic heterocycles. The van der Waals surface area contributed by atoms with Crippen LogP contribution in [-0.2, 0) is 21.9 Å². The molecule has 2 aromatic carbocycles. The molecule has 7 heteroatoms. The van der Waals surface area contributed by atoms with Crippen molar-refractivity contribution in [3.63, 3.8) is 0 Å². The van der Waals surface area contributed by atoms with Gasteiger partial charge < -0.3 is 19.7 Å². The lowest BCUT2D eigenvalue weighted by Gasteiger charge is -2.28. The summed E-state index contributed by atoms with van der Waals surface area (Å²) in [4.78, 5) is 26.7. The summed E-state index contributed by atoms with van der Waals surface area (Å²) in [7, 11) is 4.82. The van der Waals surface area contributed by atoms with Crippen LogP contribution in [0.2, 0.25) is 0 Å². The first kappa shape index (κ1) is 22.6. The first-order valence-corrected chi connectivity index (χ1v) is 10.5. The van der Waals surface area contributed by atoms with E-state index in [2.05, 4.69) is 5.32 Å². The van der Waals surface area contributed by atoms with Gasteiger partial charge in [0.25, 0.3) is 0 Å². The highest BCUT2D eigenvalue weighted by Crippen LogP contribution is 2.19. The summed E-state index contributed by atoms with van der Waals surface area (Å²) in [5.41, 5.74) is 2.06. The zero-order valence-electron chi connectivity index (χ0n) is 17.3. The number of ether oxygens (including phenoxy) is 2. The summed E-state index contributed by atoms with van der Waals surface area (Å²) in [6.45, 7) is 2.11. The second-order valence-electron chi connectivity index (χ2n) is 6.50. The third-order valence-corrected chi connectivity index (χ3v) is 5.57. The average molecular weight is 417 g/mol. The molecule has 2 amide bonds. The van der Waals surface area contributed by atoms with Gasteiger partial charge in [0.05, 0.1) is 20.0 Å². The Kier molecular flexibility index (Phi) is 8.86. The Morgan fingerprint density at radius 3 is 1.97 bits per heavy atom. The molecule has 1 N–H and O–H groups in total. The first-order chi connectivity index (χ1) is 14.0. The van der Waals surface area contributed by atoms with Crippen molar-refractivity contribution in [2.45, 2.75) is 25.3 Å². The molecule has 2 rings (SSSR count). The molecule has 0 saturated carbocycles. The fourth-order valence-corrected chi connectivity index (χ4v) is 3.65. The molecule has 0 saturated heterocycles. The SMILES string of the molecule is CNC(=O)[C@H](C)N(Cc1ccc(OC)cc1)C(=O)CSCc1ccc(OC)cc1. The van der Waals surface area contributed by atoms with Crippen LogP contribution in [0.5, 0.6) is 11.5 Å². The summed E-state index contributed by atoms with van der Waals surface area (Å²) < 4.78 is 10.3. The number of likely N-dealkylation sites (N-methyl/N-ethyl adjacent to an activating group) is 1. The van der Waals surface area contributed by atoms with Crippen molar-refractivity contribution in [2.75, 3.05) is 27.0 Å². The van der Waals surface area contributed by atoms with E-state index in [9.17, 15) is 9.59 Å². The number of rotatable bonds is 10. The maximum Gasteiger partial charge on any atom is 0.242 e. The van der Waals surface area contributed by atoms with Crippen LogP contribution in [0.15, 0.2) is 48.5 Å². The van der Waals surface area contributed by atoms with E-state index in [1.54, 1.807) is 33.1 Å². The topological polar surface area (TPSA) is 67.9 Å². The van der Waals surface area contributed by atoms with E-state index >= 15 is 0 Å². The number of amides is 2. The molecule has 0 radical (unpaired) electrons. The quantitative estimate of drug-likeness (QED) is 0.645. The minimum Gasteiger partial charge on any atom is -0.497 e. The van der Waals surface area contributed by atoms with Gasteiger partial charge in [-0.25, -0.2) is 0 Å². The third kappa shape index (κ3) is 6.71. The Hall–Kier alpha value is -2.67. The Morgan fingerprint density at radius 1 is 0.966 bits per heavy atom. The molecule has 0 spiro atoms. The molecular formula is C22H28N2O4S. The first-order valence-electron chi connectivity index (χ1n) is 9.33. The molecule has 1 atom stereocenters. The lowest BCUT2D eigenvalue weighted by atomic mass is 10.1. The van der Waals surface area contributed by atoms with Crippen LogP contribution in [0, 0.1) is 0 Å². The molecule has 29 heavy (non-hydrogen) atoms.